The van der Waals surface area contributed by atoms with Crippen LogP contribution in [0.15, 0.2) is 34.9 Å². The molecule has 1 saturated carbocycles. The van der Waals surface area contributed by atoms with Crippen molar-refractivity contribution in [1.82, 2.24) is 10.3 Å². The number of halogens is 1. The number of hydrogen-bond acceptors (Lipinski definition) is 3. The number of benzene rings is 1. The summed E-state index contributed by atoms with van der Waals surface area (Å²) in [6.45, 7) is 4.01. The molecule has 0 amide bonds. The zero-order valence-corrected chi connectivity index (χ0v) is 12.5. The Morgan fingerprint density at radius 2 is 2.00 bits per heavy atom. The minimum atomic E-state index is 0.102. The van der Waals surface area contributed by atoms with Crippen molar-refractivity contribution in [3.05, 3.63) is 52.7 Å². The van der Waals surface area contributed by atoms with Crippen molar-refractivity contribution < 1.29 is 4.42 Å². The van der Waals surface area contributed by atoms with E-state index in [-0.39, 0.29) is 6.04 Å². The molecule has 4 heteroatoms. The zero-order chi connectivity index (χ0) is 14.1. The van der Waals surface area contributed by atoms with Gasteiger partial charge in [-0.15, -0.1) is 0 Å². The van der Waals surface area contributed by atoms with Gasteiger partial charge in [0.15, 0.2) is 0 Å². The predicted molar refractivity (Wildman–Crippen MR) is 79.7 cm³/mol. The molecular formula is C16H19ClN2O. The second-order valence-electron chi connectivity index (χ2n) is 5.56. The lowest BCUT2D eigenvalue weighted by Crippen LogP contribution is -2.26. The third-order valence-electron chi connectivity index (χ3n) is 3.76. The van der Waals surface area contributed by atoms with Gasteiger partial charge in [0.05, 0.1) is 12.2 Å². The highest BCUT2D eigenvalue weighted by atomic mass is 35.5. The van der Waals surface area contributed by atoms with Gasteiger partial charge in [-0.25, -0.2) is 4.98 Å². The summed E-state index contributed by atoms with van der Waals surface area (Å²) in [6.07, 6.45) is 4.32. The Hall–Kier alpha value is -1.32. The number of aromatic nitrogens is 1. The minimum absolute atomic E-state index is 0.102. The van der Waals surface area contributed by atoms with Crippen LogP contribution in [0.1, 0.15) is 49.1 Å². The van der Waals surface area contributed by atoms with Gasteiger partial charge < -0.3 is 4.42 Å². The van der Waals surface area contributed by atoms with E-state index in [0.717, 1.165) is 16.7 Å². The zero-order valence-electron chi connectivity index (χ0n) is 11.8. The molecule has 20 heavy (non-hydrogen) atoms. The number of rotatable bonds is 5. The molecule has 2 unspecified atom stereocenters. The molecule has 2 atom stereocenters. The fraction of sp³-hybridized carbons (Fsp3) is 0.438. The highest BCUT2D eigenvalue weighted by Gasteiger charge is 2.33. The molecule has 3 nitrogen and oxygen atoms in total. The van der Waals surface area contributed by atoms with Gasteiger partial charge in [-0.1, -0.05) is 23.7 Å². The second-order valence-corrected chi connectivity index (χ2v) is 6.00. The van der Waals surface area contributed by atoms with Gasteiger partial charge in [0, 0.05) is 11.1 Å². The molecule has 1 aliphatic rings. The Kier molecular flexibility index (Phi) is 3.81. The fourth-order valence-electron chi connectivity index (χ4n) is 2.52. The Morgan fingerprint density at radius 3 is 2.55 bits per heavy atom. The summed E-state index contributed by atoms with van der Waals surface area (Å²) >= 11 is 5.97. The van der Waals surface area contributed by atoms with Crippen LogP contribution in [0.3, 0.4) is 0 Å². The van der Waals surface area contributed by atoms with Crippen molar-refractivity contribution in [3.8, 4) is 0 Å². The van der Waals surface area contributed by atoms with Crippen LogP contribution in [0.4, 0.5) is 0 Å². The Labute approximate surface area is 124 Å². The van der Waals surface area contributed by atoms with Gasteiger partial charge in [-0.05, 0) is 50.3 Å². The topological polar surface area (TPSA) is 38.1 Å². The van der Waals surface area contributed by atoms with E-state index in [0.29, 0.717) is 12.0 Å². The molecule has 106 valence electrons. The van der Waals surface area contributed by atoms with Crippen molar-refractivity contribution in [1.29, 1.82) is 0 Å². The average Bonchev–Trinajstić information content (AvgIpc) is 3.18. The van der Waals surface area contributed by atoms with Gasteiger partial charge in [-0.2, -0.15) is 0 Å². The summed E-state index contributed by atoms with van der Waals surface area (Å²) in [4.78, 5) is 4.31. The molecule has 1 aromatic heterocycles. The third kappa shape index (κ3) is 3.05. The average molecular weight is 291 g/mol. The first-order valence-corrected chi connectivity index (χ1v) is 7.45. The Bertz CT molecular complexity index is 574. The summed E-state index contributed by atoms with van der Waals surface area (Å²) < 4.78 is 5.61. The van der Waals surface area contributed by atoms with Gasteiger partial charge in [-0.3, -0.25) is 5.32 Å². The van der Waals surface area contributed by atoms with Crippen LogP contribution in [0, 0.1) is 12.8 Å². The van der Waals surface area contributed by atoms with Crippen molar-refractivity contribution >= 4 is 11.6 Å². The summed E-state index contributed by atoms with van der Waals surface area (Å²) in [5.74, 6) is 2.31. The standard InChI is InChI=1S/C16H19ClN2O/c1-10-9-18-16(20-10)11(2)19-15(12-3-4-12)13-5-7-14(17)8-6-13/h5-9,11-12,15,19H,3-4H2,1-2H3. The molecule has 0 radical (unpaired) electrons. The lowest BCUT2D eigenvalue weighted by atomic mass is 10.0. The molecule has 1 heterocycles. The Morgan fingerprint density at radius 1 is 1.30 bits per heavy atom. The monoisotopic (exact) mass is 290 g/mol. The van der Waals surface area contributed by atoms with E-state index < -0.39 is 0 Å². The summed E-state index contributed by atoms with van der Waals surface area (Å²) in [6, 6.07) is 8.55. The smallest absolute Gasteiger partial charge is 0.211 e. The first-order valence-electron chi connectivity index (χ1n) is 7.07. The van der Waals surface area contributed by atoms with Crippen LogP contribution in [0.5, 0.6) is 0 Å². The van der Waals surface area contributed by atoms with Crippen molar-refractivity contribution in [2.45, 2.75) is 38.8 Å². The van der Waals surface area contributed by atoms with Crippen molar-refractivity contribution in [3.63, 3.8) is 0 Å². The summed E-state index contributed by atoms with van der Waals surface area (Å²) in [7, 11) is 0. The molecule has 0 spiro atoms. The molecule has 1 aromatic carbocycles. The van der Waals surface area contributed by atoms with Crippen LogP contribution < -0.4 is 5.32 Å². The number of aryl methyl sites for hydroxylation is 1. The quantitative estimate of drug-likeness (QED) is 0.885. The van der Waals surface area contributed by atoms with E-state index >= 15 is 0 Å². The molecule has 0 saturated heterocycles. The van der Waals surface area contributed by atoms with Crippen LogP contribution in [0.25, 0.3) is 0 Å². The molecular weight excluding hydrogens is 272 g/mol. The van der Waals surface area contributed by atoms with Gasteiger partial charge in [0.2, 0.25) is 5.89 Å². The van der Waals surface area contributed by atoms with Gasteiger partial charge in [0.25, 0.3) is 0 Å². The third-order valence-corrected chi connectivity index (χ3v) is 4.01. The Balaban J connectivity index is 1.76. The molecule has 1 fully saturated rings. The SMILES string of the molecule is Cc1cnc(C(C)NC(c2ccc(Cl)cc2)C2CC2)o1. The van der Waals surface area contributed by atoms with E-state index in [1.807, 2.05) is 19.1 Å². The lowest BCUT2D eigenvalue weighted by Gasteiger charge is -2.22. The predicted octanol–water partition coefficient (Wildman–Crippen LogP) is 4.44. The number of nitrogens with zero attached hydrogens (tertiary/aromatic N) is 1. The van der Waals surface area contributed by atoms with Crippen molar-refractivity contribution in [2.75, 3.05) is 0 Å². The van der Waals surface area contributed by atoms with E-state index in [9.17, 15) is 0 Å². The normalized spacial score (nSPS) is 17.9. The highest BCUT2D eigenvalue weighted by Crippen LogP contribution is 2.42. The van der Waals surface area contributed by atoms with E-state index in [1.54, 1.807) is 6.20 Å². The summed E-state index contributed by atoms with van der Waals surface area (Å²) in [5, 5.41) is 4.42. The molecule has 2 aromatic rings. The summed E-state index contributed by atoms with van der Waals surface area (Å²) in [5.41, 5.74) is 1.28. The van der Waals surface area contributed by atoms with E-state index in [2.05, 4.69) is 29.4 Å². The van der Waals surface area contributed by atoms with E-state index in [4.69, 9.17) is 16.0 Å². The molecule has 0 aliphatic heterocycles. The highest BCUT2D eigenvalue weighted by molar-refractivity contribution is 6.30. The maximum atomic E-state index is 5.97. The van der Waals surface area contributed by atoms with Crippen LogP contribution in [-0.4, -0.2) is 4.98 Å². The molecule has 3 rings (SSSR count). The molecule has 0 bridgehead atoms. The number of nitrogens with one attached hydrogen (secondary N) is 1. The van der Waals surface area contributed by atoms with Crippen LogP contribution in [0.2, 0.25) is 5.02 Å². The fourth-order valence-corrected chi connectivity index (χ4v) is 2.64. The first kappa shape index (κ1) is 13.7. The second kappa shape index (κ2) is 5.58. The van der Waals surface area contributed by atoms with Crippen LogP contribution in [-0.2, 0) is 0 Å². The maximum absolute atomic E-state index is 5.97. The lowest BCUT2D eigenvalue weighted by molar-refractivity contribution is 0.355. The molecule has 1 aliphatic carbocycles. The van der Waals surface area contributed by atoms with Gasteiger partial charge >= 0.3 is 0 Å². The van der Waals surface area contributed by atoms with E-state index in [1.165, 1.54) is 18.4 Å². The number of hydrogen-bond donors (Lipinski definition) is 1. The minimum Gasteiger partial charge on any atom is -0.444 e. The van der Waals surface area contributed by atoms with Crippen LogP contribution >= 0.6 is 11.6 Å². The number of oxazole rings is 1. The first-order chi connectivity index (χ1) is 9.63. The molecule has 1 N–H and O–H groups in total. The maximum Gasteiger partial charge on any atom is 0.211 e. The largest absolute Gasteiger partial charge is 0.444 e. The van der Waals surface area contributed by atoms with Crippen molar-refractivity contribution in [2.24, 2.45) is 5.92 Å². The van der Waals surface area contributed by atoms with Gasteiger partial charge in [0.1, 0.15) is 5.76 Å².